The second-order valence-corrected chi connectivity index (χ2v) is 4.43. The number of aliphatic hydroxyl groups is 1. The molecule has 0 saturated carbocycles. The van der Waals surface area contributed by atoms with E-state index in [-0.39, 0.29) is 5.92 Å². The Morgan fingerprint density at radius 2 is 1.79 bits per heavy atom. The molecule has 0 aromatic carbocycles. The van der Waals surface area contributed by atoms with Gasteiger partial charge in [0.2, 0.25) is 5.41 Å². The van der Waals surface area contributed by atoms with Gasteiger partial charge in [-0.2, -0.15) is 0 Å². The Bertz CT molecular complexity index is 231. The molecule has 0 amide bonds. The fourth-order valence-corrected chi connectivity index (χ4v) is 1.35. The van der Waals surface area contributed by atoms with Crippen molar-refractivity contribution >= 4 is 14.5 Å². The summed E-state index contributed by atoms with van der Waals surface area (Å²) in [5.74, 6) is -0.805. The van der Waals surface area contributed by atoms with Crippen LogP contribution in [0.3, 0.4) is 0 Å². The van der Waals surface area contributed by atoms with Gasteiger partial charge in [0.25, 0.3) is 0 Å². The minimum absolute atomic E-state index is 0.323. The number of hydrogen-bond acceptors (Lipinski definition) is 2. The van der Waals surface area contributed by atoms with Crippen molar-refractivity contribution in [2.75, 3.05) is 0 Å². The molecule has 1 N–H and O–H groups in total. The summed E-state index contributed by atoms with van der Waals surface area (Å²) in [6.07, 6.45) is 1.36. The van der Waals surface area contributed by atoms with Crippen molar-refractivity contribution in [3.8, 4) is 0 Å². The molecule has 0 aliphatic rings. The molecule has 0 aromatic heterocycles. The number of allylic oxidation sites excluding steroid dienone is 2. The molecule has 0 unspecified atom stereocenters. The lowest BCUT2D eigenvalue weighted by Gasteiger charge is -2.10. The van der Waals surface area contributed by atoms with E-state index in [1.807, 2.05) is 0 Å². The first-order valence-electron chi connectivity index (χ1n) is 4.34. The van der Waals surface area contributed by atoms with Crippen LogP contribution < -0.4 is 0 Å². The van der Waals surface area contributed by atoms with Crippen molar-refractivity contribution in [3.63, 3.8) is 0 Å². The highest BCUT2D eigenvalue weighted by molar-refractivity contribution is 6.92. The molecule has 6 heteroatoms. The Labute approximate surface area is 82.0 Å². The molecule has 0 aliphatic heterocycles. The Kier molecular flexibility index (Phi) is 4.90. The first-order chi connectivity index (χ1) is 6.32. The summed E-state index contributed by atoms with van der Waals surface area (Å²) in [4.78, 5) is 10.5. The van der Waals surface area contributed by atoms with Gasteiger partial charge in [-0.25, -0.2) is 12.3 Å². The van der Waals surface area contributed by atoms with Crippen molar-refractivity contribution in [1.29, 1.82) is 0 Å². The van der Waals surface area contributed by atoms with Crippen LogP contribution in [0.15, 0.2) is 11.8 Å². The highest BCUT2D eigenvalue weighted by Crippen LogP contribution is 2.18. The molecule has 0 fully saturated rings. The fourth-order valence-electron chi connectivity index (χ4n) is 1.04. The van der Waals surface area contributed by atoms with Gasteiger partial charge in [0.15, 0.2) is 0 Å². The normalized spacial score (nSPS) is 13.4. The molecule has 82 valence electrons. The topological polar surface area (TPSA) is 37.3 Å². The monoisotopic (exact) mass is 226 g/mol. The third-order valence-electron chi connectivity index (χ3n) is 1.96. The maximum Gasteiger partial charge on any atom is 0.695 e. The Morgan fingerprint density at radius 1 is 1.36 bits per heavy atom. The first kappa shape index (κ1) is 13.2. The highest BCUT2D eigenvalue weighted by atomic mass is 28.5. The summed E-state index contributed by atoms with van der Waals surface area (Å²) in [7, 11) is -6.27. The first-order valence-corrected chi connectivity index (χ1v) is 5.98. The van der Waals surface area contributed by atoms with Crippen molar-refractivity contribution < 1.29 is 22.2 Å². The van der Waals surface area contributed by atoms with E-state index in [0.717, 1.165) is 0 Å². The van der Waals surface area contributed by atoms with Gasteiger partial charge < -0.3 is 5.11 Å². The third kappa shape index (κ3) is 3.95. The minimum atomic E-state index is -6.27. The van der Waals surface area contributed by atoms with Crippen molar-refractivity contribution in [1.82, 2.24) is 0 Å². The van der Waals surface area contributed by atoms with Crippen LogP contribution in [0, 0.1) is 5.92 Å². The molecule has 0 aromatic rings. The zero-order valence-corrected chi connectivity index (χ0v) is 9.06. The second kappa shape index (κ2) is 5.19. The van der Waals surface area contributed by atoms with E-state index in [9.17, 15) is 22.2 Å². The lowest BCUT2D eigenvalue weighted by atomic mass is 10.0. The zero-order valence-electron chi connectivity index (χ0n) is 8.06. The molecule has 0 atom stereocenters. The number of halogens is 3. The van der Waals surface area contributed by atoms with Gasteiger partial charge in [-0.3, -0.25) is 4.79 Å². The standard InChI is InChI=1S/C8H13F3O2Si/c1-3-6(4-2)7(12)5-8(13)14(9,10)11/h5-6,12H,3-4H2,1-2H3/b7-5-. The van der Waals surface area contributed by atoms with Crippen LogP contribution in [-0.2, 0) is 4.79 Å². The molecule has 0 saturated heterocycles. The number of carbonyl (C=O) groups excluding carboxylic acids is 1. The quantitative estimate of drug-likeness (QED) is 0.339. The van der Waals surface area contributed by atoms with Crippen molar-refractivity contribution in [2.24, 2.45) is 5.92 Å². The van der Waals surface area contributed by atoms with Gasteiger partial charge in [-0.15, -0.1) is 0 Å². The van der Waals surface area contributed by atoms with E-state index >= 15 is 0 Å². The van der Waals surface area contributed by atoms with Crippen LogP contribution in [0.4, 0.5) is 12.3 Å². The Balaban J connectivity index is 4.59. The number of aliphatic hydroxyl groups excluding tert-OH is 1. The van der Waals surface area contributed by atoms with Crippen LogP contribution in [0.2, 0.25) is 0 Å². The van der Waals surface area contributed by atoms with E-state index in [1.54, 1.807) is 13.8 Å². The van der Waals surface area contributed by atoms with E-state index in [1.165, 1.54) is 0 Å². The molecular formula is C8H13F3O2Si. The molecule has 0 heterocycles. The second-order valence-electron chi connectivity index (χ2n) is 2.94. The third-order valence-corrected chi connectivity index (χ3v) is 2.67. The van der Waals surface area contributed by atoms with Gasteiger partial charge in [-0.05, 0) is 12.8 Å². The van der Waals surface area contributed by atoms with Gasteiger partial charge in [0.05, 0.1) is 5.76 Å². The van der Waals surface area contributed by atoms with Crippen LogP contribution >= 0.6 is 0 Å². The van der Waals surface area contributed by atoms with Crippen molar-refractivity contribution in [3.05, 3.63) is 11.8 Å². The van der Waals surface area contributed by atoms with E-state index < -0.39 is 20.2 Å². The van der Waals surface area contributed by atoms with Gasteiger partial charge in [-0.1, -0.05) is 13.8 Å². The van der Waals surface area contributed by atoms with Crippen LogP contribution in [0.5, 0.6) is 0 Å². The highest BCUT2D eigenvalue weighted by Gasteiger charge is 2.46. The summed E-state index contributed by atoms with van der Waals surface area (Å²) in [5, 5.41) is 7.33. The summed E-state index contributed by atoms with van der Waals surface area (Å²) in [6, 6.07) is 0. The average molecular weight is 226 g/mol. The summed E-state index contributed by atoms with van der Waals surface area (Å²) < 4.78 is 35.7. The molecule has 2 nitrogen and oxygen atoms in total. The lowest BCUT2D eigenvalue weighted by molar-refractivity contribution is -0.110. The average Bonchev–Trinajstić information content (AvgIpc) is 2.04. The number of rotatable bonds is 5. The van der Waals surface area contributed by atoms with E-state index in [4.69, 9.17) is 0 Å². The largest absolute Gasteiger partial charge is 0.695 e. The SMILES string of the molecule is CCC(CC)/C(O)=C/C(=O)[Si](F)(F)F. The smallest absolute Gasteiger partial charge is 0.512 e. The predicted molar refractivity (Wildman–Crippen MR) is 48.9 cm³/mol. The lowest BCUT2D eigenvalue weighted by Crippen LogP contribution is -2.28. The van der Waals surface area contributed by atoms with E-state index in [2.05, 4.69) is 0 Å². The van der Waals surface area contributed by atoms with Gasteiger partial charge in [0.1, 0.15) is 0 Å². The van der Waals surface area contributed by atoms with Gasteiger partial charge >= 0.3 is 9.08 Å². The minimum Gasteiger partial charge on any atom is -0.512 e. The maximum atomic E-state index is 11.9. The fraction of sp³-hybridized carbons (Fsp3) is 0.625. The summed E-state index contributed by atoms with van der Waals surface area (Å²) in [5.41, 5.74) is 0. The Morgan fingerprint density at radius 3 is 2.07 bits per heavy atom. The molecular weight excluding hydrogens is 213 g/mol. The number of carbonyl (C=O) groups is 1. The summed E-state index contributed by atoms with van der Waals surface area (Å²) >= 11 is 0. The zero-order chi connectivity index (χ0) is 11.4. The Hall–Kier alpha value is -0.783. The molecule has 14 heavy (non-hydrogen) atoms. The summed E-state index contributed by atoms with van der Waals surface area (Å²) in [6.45, 7) is 3.49. The van der Waals surface area contributed by atoms with Crippen LogP contribution in [0.1, 0.15) is 26.7 Å². The van der Waals surface area contributed by atoms with E-state index in [0.29, 0.717) is 18.9 Å². The molecule has 0 spiro atoms. The molecule has 0 bridgehead atoms. The van der Waals surface area contributed by atoms with Gasteiger partial charge in [0, 0.05) is 12.0 Å². The maximum absolute atomic E-state index is 11.9. The molecule has 0 aliphatic carbocycles. The van der Waals surface area contributed by atoms with Crippen LogP contribution in [0.25, 0.3) is 0 Å². The molecule has 0 radical (unpaired) electrons. The predicted octanol–water partition coefficient (Wildman–Crippen LogP) is 2.82. The molecule has 0 rings (SSSR count). The van der Waals surface area contributed by atoms with Crippen molar-refractivity contribution in [2.45, 2.75) is 26.7 Å². The van der Waals surface area contributed by atoms with Crippen LogP contribution in [-0.4, -0.2) is 19.6 Å². The number of hydrogen-bond donors (Lipinski definition) is 1.